The Balaban J connectivity index is 2.23. The molecule has 0 amide bonds. The lowest BCUT2D eigenvalue weighted by Gasteiger charge is -2.31. The van der Waals surface area contributed by atoms with Crippen LogP contribution in [0, 0.1) is 0 Å². The number of rotatable bonds is 9. The number of hydrogen-bond acceptors (Lipinski definition) is 8. The van der Waals surface area contributed by atoms with Gasteiger partial charge in [-0.25, -0.2) is 0 Å². The zero-order valence-corrected chi connectivity index (χ0v) is 13.9. The van der Waals surface area contributed by atoms with E-state index >= 15 is 0 Å². The van der Waals surface area contributed by atoms with E-state index in [2.05, 4.69) is 0 Å². The highest BCUT2D eigenvalue weighted by Gasteiger charge is 2.15. The van der Waals surface area contributed by atoms with Crippen LogP contribution in [-0.4, -0.2) is 48.3 Å². The lowest BCUT2D eigenvalue weighted by molar-refractivity contribution is -0.304. The fourth-order valence-electron chi connectivity index (χ4n) is 2.59. The summed E-state index contributed by atoms with van der Waals surface area (Å²) in [6, 6.07) is 12.4. The lowest BCUT2D eigenvalue weighted by Crippen LogP contribution is -2.45. The first-order valence-electron chi connectivity index (χ1n) is 7.84. The Hall–Kier alpha value is -3.42. The summed E-state index contributed by atoms with van der Waals surface area (Å²) >= 11 is 0. The number of phenolic OH excluding ortho intramolecular Hbond substituents is 2. The summed E-state index contributed by atoms with van der Waals surface area (Å²) in [5.74, 6) is -2.91. The molecule has 2 N–H and O–H groups in total. The van der Waals surface area contributed by atoms with Gasteiger partial charge in [0.05, 0.1) is 36.4 Å². The van der Waals surface area contributed by atoms with Crippen molar-refractivity contribution in [2.75, 3.05) is 36.0 Å². The highest BCUT2D eigenvalue weighted by Crippen LogP contribution is 2.28. The molecule has 0 aliphatic heterocycles. The van der Waals surface area contributed by atoms with Crippen LogP contribution < -0.4 is 20.0 Å². The van der Waals surface area contributed by atoms with Crippen LogP contribution >= 0.6 is 0 Å². The fourth-order valence-corrected chi connectivity index (χ4v) is 2.59. The van der Waals surface area contributed by atoms with Gasteiger partial charge in [0.1, 0.15) is 11.5 Å². The second kappa shape index (κ2) is 8.61. The Bertz CT molecular complexity index is 714. The molecule has 0 unspecified atom stereocenters. The first kappa shape index (κ1) is 18.9. The second-order valence-electron chi connectivity index (χ2n) is 5.56. The molecule has 0 bridgehead atoms. The van der Waals surface area contributed by atoms with E-state index in [0.29, 0.717) is 0 Å². The maximum atomic E-state index is 11.0. The molecule has 138 valence electrons. The third-order valence-electron chi connectivity index (χ3n) is 3.72. The van der Waals surface area contributed by atoms with Gasteiger partial charge in [0.2, 0.25) is 0 Å². The number of anilines is 2. The zero-order chi connectivity index (χ0) is 19.1. The number of benzene rings is 2. The zero-order valence-electron chi connectivity index (χ0n) is 13.9. The maximum absolute atomic E-state index is 11.0. The first-order valence-corrected chi connectivity index (χ1v) is 7.84. The average molecular weight is 358 g/mol. The minimum absolute atomic E-state index is 0.0627. The van der Waals surface area contributed by atoms with Crippen molar-refractivity contribution in [2.45, 2.75) is 0 Å². The highest BCUT2D eigenvalue weighted by molar-refractivity contribution is 5.75. The van der Waals surface area contributed by atoms with E-state index in [-0.39, 0.29) is 36.0 Å². The van der Waals surface area contributed by atoms with E-state index < -0.39 is 25.0 Å². The fraction of sp³-hybridized carbons (Fsp3) is 0.222. The topological polar surface area (TPSA) is 127 Å². The summed E-state index contributed by atoms with van der Waals surface area (Å²) in [4.78, 5) is 24.8. The quantitative estimate of drug-likeness (QED) is 0.579. The van der Waals surface area contributed by atoms with Gasteiger partial charge < -0.3 is 39.8 Å². The number of phenols is 2. The number of carboxylic acid groups (broad SMARTS) is 2. The van der Waals surface area contributed by atoms with E-state index in [1.165, 1.54) is 21.9 Å². The summed E-state index contributed by atoms with van der Waals surface area (Å²) in [5, 5.41) is 42.0. The standard InChI is InChI=1S/C18H20N2O6/c21-15-7-3-1-5-13(15)19(11-17(23)24)9-10-20(12-18(25)26)14-6-2-4-8-16(14)22/h1-8,21-22H,9-12H2,(H,23,24)(H,25,26)/p-2. The van der Waals surface area contributed by atoms with Crippen LogP contribution in [0.25, 0.3) is 0 Å². The molecular weight excluding hydrogens is 340 g/mol. The molecule has 2 aromatic rings. The van der Waals surface area contributed by atoms with Crippen LogP contribution in [0.4, 0.5) is 11.4 Å². The predicted molar refractivity (Wildman–Crippen MR) is 90.7 cm³/mol. The number of aliphatic carboxylic acids is 2. The van der Waals surface area contributed by atoms with Gasteiger partial charge in [0, 0.05) is 13.1 Å². The average Bonchev–Trinajstić information content (AvgIpc) is 2.58. The summed E-state index contributed by atoms with van der Waals surface area (Å²) in [7, 11) is 0. The predicted octanol–water partition coefficient (Wildman–Crippen LogP) is -1.09. The van der Waals surface area contributed by atoms with Gasteiger partial charge in [-0.3, -0.25) is 0 Å². The van der Waals surface area contributed by atoms with Crippen LogP contribution in [0.1, 0.15) is 0 Å². The van der Waals surface area contributed by atoms with Gasteiger partial charge in [-0.15, -0.1) is 0 Å². The number of carbonyl (C=O) groups excluding carboxylic acids is 2. The van der Waals surface area contributed by atoms with Gasteiger partial charge in [-0.2, -0.15) is 0 Å². The Morgan fingerprint density at radius 3 is 1.38 bits per heavy atom. The van der Waals surface area contributed by atoms with Crippen molar-refractivity contribution in [3.8, 4) is 11.5 Å². The summed E-state index contributed by atoms with van der Waals surface area (Å²) < 4.78 is 0. The van der Waals surface area contributed by atoms with Crippen LogP contribution in [0.3, 0.4) is 0 Å². The molecule has 2 aromatic carbocycles. The van der Waals surface area contributed by atoms with Gasteiger partial charge >= 0.3 is 0 Å². The van der Waals surface area contributed by atoms with Crippen molar-refractivity contribution in [3.63, 3.8) is 0 Å². The van der Waals surface area contributed by atoms with Crippen LogP contribution in [0.15, 0.2) is 48.5 Å². The van der Waals surface area contributed by atoms with Gasteiger partial charge in [0.25, 0.3) is 0 Å². The molecule has 8 heteroatoms. The molecule has 0 atom stereocenters. The Labute approximate surface area is 150 Å². The third-order valence-corrected chi connectivity index (χ3v) is 3.72. The van der Waals surface area contributed by atoms with E-state index in [1.807, 2.05) is 0 Å². The molecular formula is C18H18N2O6-2. The largest absolute Gasteiger partial charge is 0.548 e. The summed E-state index contributed by atoms with van der Waals surface area (Å²) in [6.45, 7) is -0.852. The van der Waals surface area contributed by atoms with Gasteiger partial charge in [-0.1, -0.05) is 24.3 Å². The Morgan fingerprint density at radius 1 is 0.731 bits per heavy atom. The summed E-state index contributed by atoms with van der Waals surface area (Å²) in [6.07, 6.45) is 0. The molecule has 0 saturated heterocycles. The minimum Gasteiger partial charge on any atom is -0.548 e. The second-order valence-corrected chi connectivity index (χ2v) is 5.56. The van der Waals surface area contributed by atoms with Crippen molar-refractivity contribution in [1.29, 1.82) is 0 Å². The molecule has 0 radical (unpaired) electrons. The van der Waals surface area contributed by atoms with E-state index in [9.17, 15) is 30.0 Å². The van der Waals surface area contributed by atoms with Crippen LogP contribution in [0.5, 0.6) is 11.5 Å². The number of hydrogen-bond donors (Lipinski definition) is 2. The molecule has 0 aliphatic rings. The SMILES string of the molecule is O=C([O-])CN(CCN(CC(=O)[O-])c1ccccc1O)c1ccccc1O. The van der Waals surface area contributed by atoms with E-state index in [1.54, 1.807) is 36.4 Å². The number of carbonyl (C=O) groups is 2. The third kappa shape index (κ3) is 5.04. The highest BCUT2D eigenvalue weighted by atomic mass is 16.4. The van der Waals surface area contributed by atoms with E-state index in [0.717, 1.165) is 0 Å². The monoisotopic (exact) mass is 358 g/mol. The van der Waals surface area contributed by atoms with Crippen molar-refractivity contribution in [1.82, 2.24) is 0 Å². The number of carboxylic acids is 2. The molecule has 2 rings (SSSR count). The van der Waals surface area contributed by atoms with Gasteiger partial charge in [-0.05, 0) is 24.3 Å². The van der Waals surface area contributed by atoms with Gasteiger partial charge in [0.15, 0.2) is 0 Å². The maximum Gasteiger partial charge on any atom is 0.138 e. The molecule has 26 heavy (non-hydrogen) atoms. The van der Waals surface area contributed by atoms with Crippen molar-refractivity contribution < 1.29 is 30.0 Å². The van der Waals surface area contributed by atoms with Crippen LogP contribution in [0.2, 0.25) is 0 Å². The van der Waals surface area contributed by atoms with E-state index in [4.69, 9.17) is 0 Å². The Kier molecular flexibility index (Phi) is 6.26. The molecule has 0 aromatic heterocycles. The van der Waals surface area contributed by atoms with Crippen molar-refractivity contribution in [2.24, 2.45) is 0 Å². The summed E-state index contributed by atoms with van der Waals surface area (Å²) in [5.41, 5.74) is 0.560. The Morgan fingerprint density at radius 2 is 1.08 bits per heavy atom. The molecule has 8 nitrogen and oxygen atoms in total. The number of aromatic hydroxyl groups is 2. The van der Waals surface area contributed by atoms with Crippen molar-refractivity contribution in [3.05, 3.63) is 48.5 Å². The molecule has 0 fully saturated rings. The number of para-hydroxylation sites is 4. The normalized spacial score (nSPS) is 10.3. The molecule has 0 saturated carbocycles. The molecule has 0 heterocycles. The van der Waals surface area contributed by atoms with Crippen molar-refractivity contribution >= 4 is 23.3 Å². The number of nitrogens with zero attached hydrogens (tertiary/aromatic N) is 2. The first-order chi connectivity index (χ1) is 12.4. The molecule has 0 aliphatic carbocycles. The molecule has 0 spiro atoms. The minimum atomic E-state index is -1.35. The van der Waals surface area contributed by atoms with Crippen LogP contribution in [-0.2, 0) is 9.59 Å². The smallest absolute Gasteiger partial charge is 0.138 e. The lowest BCUT2D eigenvalue weighted by atomic mass is 10.2.